The molecule has 1 aliphatic carbocycles. The molecule has 0 spiro atoms. The highest BCUT2D eigenvalue weighted by Crippen LogP contribution is 2.44. The maximum absolute atomic E-state index is 12.8. The molecule has 1 aromatic rings. The second kappa shape index (κ2) is 11.5. The lowest BCUT2D eigenvalue weighted by molar-refractivity contribution is -0.185. The van der Waals surface area contributed by atoms with Crippen LogP contribution in [-0.2, 0) is 39.8 Å². The van der Waals surface area contributed by atoms with Gasteiger partial charge in [0.15, 0.2) is 0 Å². The zero-order valence-corrected chi connectivity index (χ0v) is 20.0. The van der Waals surface area contributed by atoms with Gasteiger partial charge in [0.25, 0.3) is 6.29 Å². The van der Waals surface area contributed by atoms with Crippen molar-refractivity contribution in [1.82, 2.24) is 10.6 Å². The maximum atomic E-state index is 12.8. The highest BCUT2D eigenvalue weighted by molar-refractivity contribution is 5.89. The molecule has 0 radical (unpaired) electrons. The van der Waals surface area contributed by atoms with E-state index in [-0.39, 0.29) is 30.5 Å². The third kappa shape index (κ3) is 5.74. The fourth-order valence-corrected chi connectivity index (χ4v) is 4.88. The number of ether oxygens (including phenoxy) is 4. The smallest absolute Gasteiger partial charge is 0.337 e. The predicted octanol–water partition coefficient (Wildman–Crippen LogP) is 1.63. The number of rotatable bonds is 9. The molecule has 4 rings (SSSR count). The van der Waals surface area contributed by atoms with Gasteiger partial charge in [0.2, 0.25) is 0 Å². The van der Waals surface area contributed by atoms with Gasteiger partial charge in [-0.15, -0.1) is 0 Å². The van der Waals surface area contributed by atoms with Gasteiger partial charge in [-0.25, -0.2) is 4.79 Å². The molecule has 0 bridgehead atoms. The van der Waals surface area contributed by atoms with Gasteiger partial charge in [0, 0.05) is 5.92 Å². The Balaban J connectivity index is 1.44. The third-order valence-corrected chi connectivity index (χ3v) is 6.81. The van der Waals surface area contributed by atoms with Crippen molar-refractivity contribution in [3.05, 3.63) is 59.4 Å². The van der Waals surface area contributed by atoms with Crippen molar-refractivity contribution in [3.63, 3.8) is 0 Å². The zero-order chi connectivity index (χ0) is 24.8. The number of esters is 3. The number of fused-ring (bicyclic) bond motifs is 1. The lowest BCUT2D eigenvalue weighted by atomic mass is 9.83. The maximum Gasteiger partial charge on any atom is 0.337 e. The SMILES string of the molecule is CN[C@@H](Cc1ccccc1)C(=O)OCC1=CC[C@@H]2C(C(=O)OC)=CO[C@@H](OC(=O)[C@H]3CCCN3)[C@H]12. The molecule has 2 heterocycles. The van der Waals surface area contributed by atoms with Gasteiger partial charge in [-0.2, -0.15) is 0 Å². The number of allylic oxidation sites excluding steroid dienone is 1. The fraction of sp³-hybridized carbons (Fsp3) is 0.500. The molecule has 35 heavy (non-hydrogen) atoms. The molecule has 9 nitrogen and oxygen atoms in total. The summed E-state index contributed by atoms with van der Waals surface area (Å²) in [6.07, 6.45) is 4.96. The van der Waals surface area contributed by atoms with Gasteiger partial charge in [-0.05, 0) is 50.4 Å². The molecule has 1 fully saturated rings. The summed E-state index contributed by atoms with van der Waals surface area (Å²) < 4.78 is 22.0. The van der Waals surface area contributed by atoms with E-state index in [2.05, 4.69) is 10.6 Å². The Morgan fingerprint density at radius 2 is 2.03 bits per heavy atom. The number of benzene rings is 1. The van der Waals surface area contributed by atoms with Crippen LogP contribution < -0.4 is 10.6 Å². The first kappa shape index (κ1) is 24.9. The van der Waals surface area contributed by atoms with Crippen LogP contribution in [0.2, 0.25) is 0 Å². The first-order valence-electron chi connectivity index (χ1n) is 12.0. The van der Waals surface area contributed by atoms with Crippen molar-refractivity contribution >= 4 is 17.9 Å². The molecular weight excluding hydrogens is 452 g/mol. The highest BCUT2D eigenvalue weighted by Gasteiger charge is 2.47. The van der Waals surface area contributed by atoms with Gasteiger partial charge in [-0.1, -0.05) is 36.4 Å². The van der Waals surface area contributed by atoms with Gasteiger partial charge in [-0.3, -0.25) is 9.59 Å². The normalized spacial score (nSPS) is 26.0. The van der Waals surface area contributed by atoms with Gasteiger partial charge in [0.1, 0.15) is 18.7 Å². The summed E-state index contributed by atoms with van der Waals surface area (Å²) in [5, 5.41) is 6.13. The van der Waals surface area contributed by atoms with Crippen LogP contribution in [0.4, 0.5) is 0 Å². The summed E-state index contributed by atoms with van der Waals surface area (Å²) >= 11 is 0. The monoisotopic (exact) mass is 484 g/mol. The second-order valence-electron chi connectivity index (χ2n) is 8.94. The Kier molecular flexibility index (Phi) is 8.20. The van der Waals surface area contributed by atoms with Crippen LogP contribution in [0.25, 0.3) is 0 Å². The molecule has 188 valence electrons. The molecular formula is C26H32N2O7. The minimum Gasteiger partial charge on any atom is -0.466 e. The lowest BCUT2D eigenvalue weighted by Crippen LogP contribution is -2.43. The zero-order valence-electron chi connectivity index (χ0n) is 20.0. The minimum atomic E-state index is -0.917. The van der Waals surface area contributed by atoms with Crippen LogP contribution in [0.3, 0.4) is 0 Å². The van der Waals surface area contributed by atoms with Crippen molar-refractivity contribution in [2.24, 2.45) is 11.8 Å². The lowest BCUT2D eigenvalue weighted by Gasteiger charge is -2.34. The van der Waals surface area contributed by atoms with E-state index < -0.39 is 24.2 Å². The predicted molar refractivity (Wildman–Crippen MR) is 126 cm³/mol. The number of likely N-dealkylation sites (N-methyl/N-ethyl adjacent to an activating group) is 1. The molecule has 5 atom stereocenters. The molecule has 1 saturated heterocycles. The van der Waals surface area contributed by atoms with E-state index in [1.807, 2.05) is 36.4 Å². The van der Waals surface area contributed by atoms with Crippen LogP contribution in [0.1, 0.15) is 24.8 Å². The van der Waals surface area contributed by atoms with Crippen molar-refractivity contribution in [2.45, 2.75) is 44.1 Å². The van der Waals surface area contributed by atoms with E-state index in [0.29, 0.717) is 24.8 Å². The Morgan fingerprint density at radius 1 is 1.23 bits per heavy atom. The topological polar surface area (TPSA) is 112 Å². The molecule has 3 aliphatic rings. The number of hydrogen-bond donors (Lipinski definition) is 2. The molecule has 2 N–H and O–H groups in total. The summed E-state index contributed by atoms with van der Waals surface area (Å²) in [5.74, 6) is -2.00. The van der Waals surface area contributed by atoms with Crippen molar-refractivity contribution in [2.75, 3.05) is 27.3 Å². The quantitative estimate of drug-likeness (QED) is 0.307. The summed E-state index contributed by atoms with van der Waals surface area (Å²) in [4.78, 5) is 37.8. The van der Waals surface area contributed by atoms with E-state index >= 15 is 0 Å². The van der Waals surface area contributed by atoms with Crippen molar-refractivity contribution in [1.29, 1.82) is 0 Å². The largest absolute Gasteiger partial charge is 0.466 e. The fourth-order valence-electron chi connectivity index (χ4n) is 4.88. The molecule has 0 saturated carbocycles. The first-order valence-corrected chi connectivity index (χ1v) is 12.0. The van der Waals surface area contributed by atoms with Crippen LogP contribution >= 0.6 is 0 Å². The van der Waals surface area contributed by atoms with Crippen LogP contribution in [0.15, 0.2) is 53.8 Å². The van der Waals surface area contributed by atoms with Gasteiger partial charge in [0.05, 0.1) is 24.9 Å². The Bertz CT molecular complexity index is 985. The molecule has 0 amide bonds. The van der Waals surface area contributed by atoms with Crippen LogP contribution in [-0.4, -0.2) is 63.6 Å². The summed E-state index contributed by atoms with van der Waals surface area (Å²) in [5.41, 5.74) is 2.15. The highest BCUT2D eigenvalue weighted by atomic mass is 16.7. The van der Waals surface area contributed by atoms with Crippen molar-refractivity contribution in [3.8, 4) is 0 Å². The van der Waals surface area contributed by atoms with E-state index in [1.165, 1.54) is 13.4 Å². The second-order valence-corrected chi connectivity index (χ2v) is 8.94. The summed E-state index contributed by atoms with van der Waals surface area (Å²) in [6.45, 7) is 0.779. The van der Waals surface area contributed by atoms with Crippen LogP contribution in [0.5, 0.6) is 0 Å². The first-order chi connectivity index (χ1) is 17.0. The number of nitrogens with one attached hydrogen (secondary N) is 2. The van der Waals surface area contributed by atoms with Crippen LogP contribution in [0, 0.1) is 11.8 Å². The summed E-state index contributed by atoms with van der Waals surface area (Å²) in [7, 11) is 3.03. The molecule has 9 heteroatoms. The molecule has 2 aliphatic heterocycles. The van der Waals surface area contributed by atoms with Gasteiger partial charge >= 0.3 is 17.9 Å². The number of methoxy groups -OCH3 is 1. The summed E-state index contributed by atoms with van der Waals surface area (Å²) in [6, 6.07) is 8.81. The Labute approximate surface area is 204 Å². The van der Waals surface area contributed by atoms with Crippen molar-refractivity contribution < 1.29 is 33.3 Å². The number of hydrogen-bond acceptors (Lipinski definition) is 9. The molecule has 1 aromatic carbocycles. The standard InChI is InChI=1S/C26H32N2O7/c1-27-21(13-16-7-4-3-5-8-16)24(30)33-14-17-10-11-18-19(23(29)32-2)15-34-26(22(17)18)35-25(31)20-9-6-12-28-20/h3-5,7-8,10,15,18,20-22,26-28H,6,9,11-14H2,1-2H3/t18-,20-,21+,22-,26+/m1/s1. The molecule has 0 unspecified atom stereocenters. The average molecular weight is 485 g/mol. The minimum absolute atomic E-state index is 0.0144. The third-order valence-electron chi connectivity index (χ3n) is 6.81. The number of carbonyl (C=O) groups excluding carboxylic acids is 3. The Hall–Kier alpha value is -3.17. The van der Waals surface area contributed by atoms with E-state index in [9.17, 15) is 14.4 Å². The average Bonchev–Trinajstić information content (AvgIpc) is 3.57. The van der Waals surface area contributed by atoms with Gasteiger partial charge < -0.3 is 29.6 Å². The van der Waals surface area contributed by atoms with E-state index in [0.717, 1.165) is 24.1 Å². The van der Waals surface area contributed by atoms with E-state index in [1.54, 1.807) is 7.05 Å². The van der Waals surface area contributed by atoms with E-state index in [4.69, 9.17) is 18.9 Å². The molecule has 0 aromatic heterocycles. The Morgan fingerprint density at radius 3 is 2.71 bits per heavy atom. The number of carbonyl (C=O) groups is 3.